The Morgan fingerprint density at radius 1 is 1.00 bits per heavy atom. The van der Waals surface area contributed by atoms with Gasteiger partial charge >= 0.3 is 5.97 Å². The van der Waals surface area contributed by atoms with E-state index in [4.69, 9.17) is 4.74 Å². The van der Waals surface area contributed by atoms with Gasteiger partial charge < -0.3 is 4.74 Å². The molecule has 1 aliphatic heterocycles. The van der Waals surface area contributed by atoms with Gasteiger partial charge in [-0.15, -0.1) is 5.11 Å². The molecule has 4 nitrogen and oxygen atoms in total. The number of azo groups is 1. The van der Waals surface area contributed by atoms with Crippen LogP contribution < -0.4 is 0 Å². The van der Waals surface area contributed by atoms with Crippen LogP contribution in [0.4, 0.5) is 0 Å². The number of rotatable bonds is 4. The molecular weight excluding hydrogens is 276 g/mol. The van der Waals surface area contributed by atoms with Crippen LogP contribution in [0, 0.1) is 0 Å². The summed E-state index contributed by atoms with van der Waals surface area (Å²) in [7, 11) is 0. The van der Waals surface area contributed by atoms with Crippen molar-refractivity contribution in [2.75, 3.05) is 6.61 Å². The molecule has 0 aromatic heterocycles. The van der Waals surface area contributed by atoms with Crippen molar-refractivity contribution in [1.29, 1.82) is 0 Å². The second-order valence-corrected chi connectivity index (χ2v) is 4.95. The molecule has 2 aromatic carbocycles. The van der Waals surface area contributed by atoms with Crippen LogP contribution in [0.2, 0.25) is 0 Å². The number of carbonyl (C=O) groups excluding carboxylic acids is 1. The molecule has 0 atom stereocenters. The first-order valence-corrected chi connectivity index (χ1v) is 7.20. The highest BCUT2D eigenvalue weighted by Gasteiger charge is 2.38. The van der Waals surface area contributed by atoms with E-state index in [1.807, 2.05) is 60.7 Å². The Balaban J connectivity index is 2.12. The predicted octanol–water partition coefficient (Wildman–Crippen LogP) is 3.84. The van der Waals surface area contributed by atoms with Crippen molar-refractivity contribution in [3.8, 4) is 0 Å². The first-order chi connectivity index (χ1) is 10.8. The second kappa shape index (κ2) is 5.93. The average Bonchev–Trinajstić information content (AvgIpc) is 3.03. The van der Waals surface area contributed by atoms with E-state index in [-0.39, 0.29) is 5.70 Å². The Hall–Kier alpha value is -2.75. The van der Waals surface area contributed by atoms with E-state index in [1.165, 1.54) is 0 Å². The smallest absolute Gasteiger partial charge is 0.358 e. The van der Waals surface area contributed by atoms with Gasteiger partial charge in [-0.3, -0.25) is 0 Å². The molecule has 0 saturated carbocycles. The summed E-state index contributed by atoms with van der Waals surface area (Å²) in [4.78, 5) is 12.0. The highest BCUT2D eigenvalue weighted by Crippen LogP contribution is 2.40. The molecule has 0 bridgehead atoms. The van der Waals surface area contributed by atoms with Gasteiger partial charge in [-0.05, 0) is 24.1 Å². The van der Waals surface area contributed by atoms with Gasteiger partial charge in [-0.1, -0.05) is 60.7 Å². The maximum absolute atomic E-state index is 12.0. The summed E-state index contributed by atoms with van der Waals surface area (Å²) in [5, 5.41) is 8.50. The van der Waals surface area contributed by atoms with E-state index in [9.17, 15) is 4.79 Å². The number of hydrogen-bond acceptors (Lipinski definition) is 4. The minimum atomic E-state index is -0.773. The van der Waals surface area contributed by atoms with E-state index in [0.29, 0.717) is 6.61 Å². The molecule has 2 aromatic rings. The van der Waals surface area contributed by atoms with E-state index in [2.05, 4.69) is 10.2 Å². The minimum absolute atomic E-state index is 0.245. The van der Waals surface area contributed by atoms with Crippen LogP contribution in [0.5, 0.6) is 0 Å². The number of ether oxygens (including phenoxy) is 1. The van der Waals surface area contributed by atoms with Crippen molar-refractivity contribution < 1.29 is 9.53 Å². The molecule has 1 aliphatic rings. The highest BCUT2D eigenvalue weighted by molar-refractivity contribution is 5.89. The molecule has 22 heavy (non-hydrogen) atoms. The van der Waals surface area contributed by atoms with Gasteiger partial charge in [0.25, 0.3) is 0 Å². The summed E-state index contributed by atoms with van der Waals surface area (Å²) in [5.74, 6) is -0.444. The van der Waals surface area contributed by atoms with Crippen LogP contribution in [-0.4, -0.2) is 12.6 Å². The summed E-state index contributed by atoms with van der Waals surface area (Å²) in [6.45, 7) is 2.08. The minimum Gasteiger partial charge on any atom is -0.461 e. The monoisotopic (exact) mass is 292 g/mol. The summed E-state index contributed by atoms with van der Waals surface area (Å²) >= 11 is 0. The topological polar surface area (TPSA) is 51.0 Å². The molecule has 110 valence electrons. The summed E-state index contributed by atoms with van der Waals surface area (Å²) < 4.78 is 5.03. The maximum Gasteiger partial charge on any atom is 0.358 e. The third kappa shape index (κ3) is 2.44. The quantitative estimate of drug-likeness (QED) is 0.804. The first-order valence-electron chi connectivity index (χ1n) is 7.20. The lowest BCUT2D eigenvalue weighted by Gasteiger charge is -2.23. The standard InChI is InChI=1S/C18H16N2O2/c1-2-22-17(21)16-13-18(20-19-16,14-9-5-3-6-10-14)15-11-7-4-8-12-15/h3-13H,2H2,1H3. The van der Waals surface area contributed by atoms with Crippen LogP contribution in [-0.2, 0) is 15.1 Å². The van der Waals surface area contributed by atoms with Crippen molar-refractivity contribution >= 4 is 5.97 Å². The number of esters is 1. The Morgan fingerprint density at radius 3 is 2.05 bits per heavy atom. The zero-order valence-electron chi connectivity index (χ0n) is 12.3. The van der Waals surface area contributed by atoms with Crippen LogP contribution >= 0.6 is 0 Å². The van der Waals surface area contributed by atoms with E-state index in [1.54, 1.807) is 13.0 Å². The molecule has 3 rings (SSSR count). The molecule has 0 amide bonds. The molecular formula is C18H16N2O2. The molecule has 4 heteroatoms. The van der Waals surface area contributed by atoms with Crippen LogP contribution in [0.15, 0.2) is 82.7 Å². The number of nitrogens with zero attached hydrogens (tertiary/aromatic N) is 2. The van der Waals surface area contributed by atoms with Crippen LogP contribution in [0.1, 0.15) is 18.1 Å². The predicted molar refractivity (Wildman–Crippen MR) is 83.2 cm³/mol. The molecule has 0 spiro atoms. The Bertz CT molecular complexity index is 682. The van der Waals surface area contributed by atoms with Crippen molar-refractivity contribution in [2.45, 2.75) is 12.5 Å². The average molecular weight is 292 g/mol. The summed E-state index contributed by atoms with van der Waals surface area (Å²) in [5.41, 5.74) is 1.40. The van der Waals surface area contributed by atoms with E-state index < -0.39 is 11.5 Å². The molecule has 0 aliphatic carbocycles. The SMILES string of the molecule is CCOC(=O)C1=CC(c2ccccc2)(c2ccccc2)N=N1. The van der Waals surface area contributed by atoms with Crippen molar-refractivity contribution in [1.82, 2.24) is 0 Å². The highest BCUT2D eigenvalue weighted by atomic mass is 16.5. The van der Waals surface area contributed by atoms with Crippen molar-refractivity contribution in [2.24, 2.45) is 10.2 Å². The van der Waals surface area contributed by atoms with Crippen molar-refractivity contribution in [3.05, 3.63) is 83.6 Å². The fourth-order valence-corrected chi connectivity index (χ4v) is 2.53. The van der Waals surface area contributed by atoms with Crippen LogP contribution in [0.25, 0.3) is 0 Å². The molecule has 0 saturated heterocycles. The van der Waals surface area contributed by atoms with E-state index >= 15 is 0 Å². The van der Waals surface area contributed by atoms with Gasteiger partial charge in [-0.25, -0.2) is 4.79 Å². The normalized spacial score (nSPS) is 15.4. The lowest BCUT2D eigenvalue weighted by atomic mass is 9.83. The fraction of sp³-hybridized carbons (Fsp3) is 0.167. The van der Waals surface area contributed by atoms with Crippen LogP contribution in [0.3, 0.4) is 0 Å². The molecule has 0 unspecified atom stereocenters. The zero-order chi connectivity index (χ0) is 15.4. The lowest BCUT2D eigenvalue weighted by molar-refractivity contribution is -0.138. The van der Waals surface area contributed by atoms with Gasteiger partial charge in [0, 0.05) is 0 Å². The summed E-state index contributed by atoms with van der Waals surface area (Å²) in [6.07, 6.45) is 1.77. The summed E-state index contributed by atoms with van der Waals surface area (Å²) in [6, 6.07) is 19.6. The lowest BCUT2D eigenvalue weighted by Crippen LogP contribution is -2.21. The molecule has 0 N–H and O–H groups in total. The van der Waals surface area contributed by atoms with Crippen molar-refractivity contribution in [3.63, 3.8) is 0 Å². The number of carbonyl (C=O) groups is 1. The van der Waals surface area contributed by atoms with Gasteiger partial charge in [-0.2, -0.15) is 5.11 Å². The number of benzene rings is 2. The molecule has 0 fully saturated rings. The maximum atomic E-state index is 12.0. The van der Waals surface area contributed by atoms with Gasteiger partial charge in [0.05, 0.1) is 6.61 Å². The third-order valence-corrected chi connectivity index (χ3v) is 3.57. The molecule has 0 radical (unpaired) electrons. The van der Waals surface area contributed by atoms with Gasteiger partial charge in [0.2, 0.25) is 0 Å². The Kier molecular flexibility index (Phi) is 3.83. The second-order valence-electron chi connectivity index (χ2n) is 4.95. The zero-order valence-corrected chi connectivity index (χ0v) is 12.3. The Labute approximate surface area is 129 Å². The Morgan fingerprint density at radius 2 is 1.55 bits per heavy atom. The van der Waals surface area contributed by atoms with Gasteiger partial charge in [0.1, 0.15) is 0 Å². The third-order valence-electron chi connectivity index (χ3n) is 3.57. The molecule has 1 heterocycles. The van der Waals surface area contributed by atoms with Gasteiger partial charge in [0.15, 0.2) is 11.2 Å². The first kappa shape index (κ1) is 14.2. The number of hydrogen-bond donors (Lipinski definition) is 0. The van der Waals surface area contributed by atoms with E-state index in [0.717, 1.165) is 11.1 Å². The largest absolute Gasteiger partial charge is 0.461 e. The fourth-order valence-electron chi connectivity index (χ4n) is 2.53.